The van der Waals surface area contributed by atoms with Crippen molar-refractivity contribution in [3.8, 4) is 5.75 Å². The molecule has 33 heavy (non-hydrogen) atoms. The fourth-order valence-corrected chi connectivity index (χ4v) is 6.34. The first-order valence-electron chi connectivity index (χ1n) is 12.1. The van der Waals surface area contributed by atoms with Gasteiger partial charge in [-0.15, -0.1) is 0 Å². The smallest absolute Gasteiger partial charge is 0.251 e. The van der Waals surface area contributed by atoms with E-state index in [-0.39, 0.29) is 24.3 Å². The average molecular weight is 478 g/mol. The van der Waals surface area contributed by atoms with E-state index in [1.165, 1.54) is 11.2 Å². The Morgan fingerprint density at radius 1 is 0.939 bits per heavy atom. The molecule has 0 saturated carbocycles. The minimum absolute atomic E-state index is 0.137. The van der Waals surface area contributed by atoms with Crippen LogP contribution in [-0.4, -0.2) is 74.5 Å². The zero-order valence-corrected chi connectivity index (χ0v) is 20.4. The molecule has 8 nitrogen and oxygen atoms in total. The summed E-state index contributed by atoms with van der Waals surface area (Å²) in [6.45, 7) is 5.50. The summed E-state index contributed by atoms with van der Waals surface area (Å²) in [5.41, 5.74) is 0.601. The van der Waals surface area contributed by atoms with Gasteiger partial charge in [-0.3, -0.25) is 14.5 Å². The number of carbonyl (C=O) groups excluding carboxylic acids is 2. The largest absolute Gasteiger partial charge is 0.494 e. The fourth-order valence-electron chi connectivity index (χ4n) is 5.47. The van der Waals surface area contributed by atoms with Crippen LogP contribution in [-0.2, 0) is 19.6 Å². The van der Waals surface area contributed by atoms with Gasteiger partial charge in [0, 0.05) is 13.1 Å². The van der Waals surface area contributed by atoms with E-state index in [0.717, 1.165) is 50.9 Å². The summed E-state index contributed by atoms with van der Waals surface area (Å²) in [5.74, 6) is 1.54. The molecule has 2 amide bonds. The molecule has 0 aliphatic carbocycles. The predicted octanol–water partition coefficient (Wildman–Crippen LogP) is 2.49. The number of carbonyl (C=O) groups is 2. The molecule has 9 heteroatoms. The summed E-state index contributed by atoms with van der Waals surface area (Å²) in [7, 11) is -3.10. The Bertz CT molecular complexity index is 949. The van der Waals surface area contributed by atoms with Gasteiger partial charge in [0.1, 0.15) is 5.75 Å². The Balaban J connectivity index is 1.31. The van der Waals surface area contributed by atoms with Gasteiger partial charge in [0.25, 0.3) is 5.91 Å². The normalized spacial score (nSPS) is 24.5. The third-order valence-electron chi connectivity index (χ3n) is 7.34. The van der Waals surface area contributed by atoms with Gasteiger partial charge in [0.2, 0.25) is 15.9 Å². The first kappa shape index (κ1) is 24.2. The number of likely N-dealkylation sites (tertiary alicyclic amines) is 1. The van der Waals surface area contributed by atoms with Gasteiger partial charge in [0.05, 0.1) is 31.0 Å². The molecule has 0 aromatic heterocycles. The van der Waals surface area contributed by atoms with Gasteiger partial charge >= 0.3 is 0 Å². The van der Waals surface area contributed by atoms with E-state index in [9.17, 15) is 18.0 Å². The van der Waals surface area contributed by atoms with Crippen molar-refractivity contribution in [1.82, 2.24) is 9.21 Å². The third kappa shape index (κ3) is 5.41. The third-order valence-corrected chi connectivity index (χ3v) is 8.64. The SMILES string of the molecule is CCCOc1ccc(N2C(=O)C[C@H](N3CCC(C4CCN(S(C)(=O)=O)CC4)CC3)C2=O)cc1. The number of hydrogen-bond acceptors (Lipinski definition) is 6. The molecular weight excluding hydrogens is 442 g/mol. The lowest BCUT2D eigenvalue weighted by Crippen LogP contribution is -2.47. The van der Waals surface area contributed by atoms with Crippen LogP contribution in [0.2, 0.25) is 0 Å². The van der Waals surface area contributed by atoms with Crippen LogP contribution in [0.1, 0.15) is 45.4 Å². The maximum absolute atomic E-state index is 13.2. The maximum atomic E-state index is 13.2. The molecule has 3 heterocycles. The number of rotatable bonds is 7. The van der Waals surface area contributed by atoms with E-state index in [4.69, 9.17) is 4.74 Å². The number of anilines is 1. The van der Waals surface area contributed by atoms with Crippen molar-refractivity contribution in [2.24, 2.45) is 11.8 Å². The molecule has 0 radical (unpaired) electrons. The molecule has 3 aliphatic rings. The second-order valence-electron chi connectivity index (χ2n) is 9.50. The average Bonchev–Trinajstić information content (AvgIpc) is 3.11. The van der Waals surface area contributed by atoms with Gasteiger partial charge in [0.15, 0.2) is 0 Å². The number of amides is 2. The number of benzene rings is 1. The summed E-state index contributed by atoms with van der Waals surface area (Å²) in [5, 5.41) is 0. The zero-order chi connectivity index (χ0) is 23.6. The summed E-state index contributed by atoms with van der Waals surface area (Å²) in [4.78, 5) is 29.4. The topological polar surface area (TPSA) is 87.2 Å². The summed E-state index contributed by atoms with van der Waals surface area (Å²) in [6, 6.07) is 6.77. The van der Waals surface area contributed by atoms with Crippen molar-refractivity contribution in [2.75, 3.05) is 43.9 Å². The number of hydrogen-bond donors (Lipinski definition) is 0. The molecule has 0 unspecified atom stereocenters. The van der Waals surface area contributed by atoms with Crippen molar-refractivity contribution in [3.63, 3.8) is 0 Å². The Kier molecular flexibility index (Phi) is 7.40. The Morgan fingerprint density at radius 2 is 1.52 bits per heavy atom. The standard InChI is InChI=1S/C24H35N3O5S/c1-3-16-32-21-6-4-20(5-7-21)27-23(28)17-22(24(27)29)25-12-8-18(9-13-25)19-10-14-26(15-11-19)33(2,30)31/h4-7,18-19,22H,3,8-17H2,1-2H3/t22-/m0/s1. The van der Waals surface area contributed by atoms with E-state index in [1.54, 1.807) is 28.6 Å². The Labute approximate surface area is 196 Å². The highest BCUT2D eigenvalue weighted by molar-refractivity contribution is 7.88. The van der Waals surface area contributed by atoms with Gasteiger partial charge in [-0.25, -0.2) is 17.6 Å². The monoisotopic (exact) mass is 477 g/mol. The van der Waals surface area contributed by atoms with E-state index in [1.807, 2.05) is 6.92 Å². The highest BCUT2D eigenvalue weighted by Crippen LogP contribution is 2.35. The van der Waals surface area contributed by atoms with Crippen LogP contribution in [0.3, 0.4) is 0 Å². The van der Waals surface area contributed by atoms with Crippen molar-refractivity contribution in [1.29, 1.82) is 0 Å². The molecular formula is C24H35N3O5S. The molecule has 3 fully saturated rings. The van der Waals surface area contributed by atoms with Crippen LogP contribution < -0.4 is 9.64 Å². The lowest BCUT2D eigenvalue weighted by molar-refractivity contribution is -0.123. The van der Waals surface area contributed by atoms with Crippen LogP contribution >= 0.6 is 0 Å². The quantitative estimate of drug-likeness (QED) is 0.561. The van der Waals surface area contributed by atoms with Crippen molar-refractivity contribution in [2.45, 2.75) is 51.5 Å². The van der Waals surface area contributed by atoms with Gasteiger partial charge in [-0.2, -0.15) is 0 Å². The Morgan fingerprint density at radius 3 is 2.06 bits per heavy atom. The molecule has 3 saturated heterocycles. The van der Waals surface area contributed by atoms with E-state index in [2.05, 4.69) is 4.90 Å². The molecule has 1 atom stereocenters. The number of ether oxygens (including phenoxy) is 1. The van der Waals surface area contributed by atoms with Gasteiger partial charge < -0.3 is 4.74 Å². The molecule has 0 bridgehead atoms. The van der Waals surface area contributed by atoms with E-state index < -0.39 is 10.0 Å². The molecule has 4 rings (SSSR count). The Hall–Kier alpha value is -1.97. The van der Waals surface area contributed by atoms with E-state index in [0.29, 0.717) is 37.2 Å². The number of piperidine rings is 2. The number of imide groups is 1. The first-order chi connectivity index (χ1) is 15.8. The summed E-state index contributed by atoms with van der Waals surface area (Å²) in [6.07, 6.45) is 6.22. The van der Waals surface area contributed by atoms with Crippen LogP contribution in [0.5, 0.6) is 5.75 Å². The van der Waals surface area contributed by atoms with Crippen LogP contribution in [0.4, 0.5) is 5.69 Å². The van der Waals surface area contributed by atoms with Crippen molar-refractivity contribution < 1.29 is 22.7 Å². The molecule has 0 spiro atoms. The molecule has 1 aromatic carbocycles. The van der Waals surface area contributed by atoms with Crippen LogP contribution in [0.15, 0.2) is 24.3 Å². The molecule has 0 N–H and O–H groups in total. The molecule has 182 valence electrons. The van der Waals surface area contributed by atoms with E-state index >= 15 is 0 Å². The second kappa shape index (κ2) is 10.1. The van der Waals surface area contributed by atoms with Crippen LogP contribution in [0.25, 0.3) is 0 Å². The minimum atomic E-state index is -3.10. The number of sulfonamides is 1. The lowest BCUT2D eigenvalue weighted by Gasteiger charge is -2.40. The maximum Gasteiger partial charge on any atom is 0.251 e. The number of nitrogens with zero attached hydrogens (tertiary/aromatic N) is 3. The lowest BCUT2D eigenvalue weighted by atomic mass is 9.79. The predicted molar refractivity (Wildman–Crippen MR) is 127 cm³/mol. The summed E-state index contributed by atoms with van der Waals surface area (Å²) < 4.78 is 30.7. The van der Waals surface area contributed by atoms with Crippen LogP contribution in [0, 0.1) is 11.8 Å². The highest BCUT2D eigenvalue weighted by Gasteiger charge is 2.44. The van der Waals surface area contributed by atoms with Crippen molar-refractivity contribution >= 4 is 27.5 Å². The summed E-state index contributed by atoms with van der Waals surface area (Å²) >= 11 is 0. The van der Waals surface area contributed by atoms with Gasteiger partial charge in [-0.05, 0) is 81.3 Å². The second-order valence-corrected chi connectivity index (χ2v) is 11.5. The highest BCUT2D eigenvalue weighted by atomic mass is 32.2. The minimum Gasteiger partial charge on any atom is -0.494 e. The molecule has 3 aliphatic heterocycles. The van der Waals surface area contributed by atoms with Gasteiger partial charge in [-0.1, -0.05) is 6.92 Å². The zero-order valence-electron chi connectivity index (χ0n) is 19.6. The fraction of sp³-hybridized carbons (Fsp3) is 0.667. The van der Waals surface area contributed by atoms with Crippen molar-refractivity contribution in [3.05, 3.63) is 24.3 Å². The first-order valence-corrected chi connectivity index (χ1v) is 13.9. The molecule has 1 aromatic rings.